The minimum absolute atomic E-state index is 0.0400. The Labute approximate surface area is 166 Å². The lowest BCUT2D eigenvalue weighted by Crippen LogP contribution is -2.45. The van der Waals surface area contributed by atoms with E-state index in [2.05, 4.69) is 24.9 Å². The number of piperidine rings is 1. The first kappa shape index (κ1) is 18.9. The van der Waals surface area contributed by atoms with E-state index in [4.69, 9.17) is 4.52 Å². The van der Waals surface area contributed by atoms with Gasteiger partial charge < -0.3 is 14.3 Å². The largest absolute Gasteiger partial charge is 0.355 e. The third-order valence-electron chi connectivity index (χ3n) is 5.79. The summed E-state index contributed by atoms with van der Waals surface area (Å²) in [4.78, 5) is 26.5. The predicted molar refractivity (Wildman–Crippen MR) is 107 cm³/mol. The van der Waals surface area contributed by atoms with Crippen LogP contribution in [0.4, 0.5) is 5.82 Å². The summed E-state index contributed by atoms with van der Waals surface area (Å²) in [5, 5.41) is 4.12. The van der Waals surface area contributed by atoms with Crippen LogP contribution in [0.1, 0.15) is 51.3 Å². The van der Waals surface area contributed by atoms with E-state index in [0.29, 0.717) is 30.6 Å². The lowest BCUT2D eigenvalue weighted by Gasteiger charge is -2.36. The molecule has 28 heavy (non-hydrogen) atoms. The van der Waals surface area contributed by atoms with Gasteiger partial charge in [0.2, 0.25) is 17.6 Å². The van der Waals surface area contributed by atoms with Crippen molar-refractivity contribution in [1.29, 1.82) is 0 Å². The van der Waals surface area contributed by atoms with E-state index >= 15 is 0 Å². The lowest BCUT2D eigenvalue weighted by atomic mass is 9.96. The maximum absolute atomic E-state index is 13.1. The van der Waals surface area contributed by atoms with E-state index in [1.165, 1.54) is 12.8 Å². The number of hydrogen-bond donors (Lipinski definition) is 0. The SMILES string of the molecule is CCc1nc(-c2cccnc2N2CCC[C@H](C(=O)N3CCCCCC3)C2)no1. The molecule has 150 valence electrons. The molecule has 1 atom stereocenters. The molecular formula is C21H29N5O2. The van der Waals surface area contributed by atoms with E-state index in [9.17, 15) is 4.79 Å². The van der Waals surface area contributed by atoms with Crippen molar-refractivity contribution < 1.29 is 9.32 Å². The van der Waals surface area contributed by atoms with Gasteiger partial charge in [-0.2, -0.15) is 4.98 Å². The first-order chi connectivity index (χ1) is 13.8. The molecule has 2 aliphatic rings. The van der Waals surface area contributed by atoms with Gasteiger partial charge in [-0.25, -0.2) is 4.98 Å². The third kappa shape index (κ3) is 4.03. The van der Waals surface area contributed by atoms with Gasteiger partial charge in [0.15, 0.2) is 0 Å². The number of hydrogen-bond acceptors (Lipinski definition) is 6. The second kappa shape index (κ2) is 8.71. The number of amides is 1. The Morgan fingerprint density at radius 2 is 2.00 bits per heavy atom. The molecule has 2 aromatic heterocycles. The number of aryl methyl sites for hydroxylation is 1. The molecule has 1 amide bonds. The van der Waals surface area contributed by atoms with Crippen molar-refractivity contribution in [3.8, 4) is 11.4 Å². The van der Waals surface area contributed by atoms with Gasteiger partial charge in [-0.05, 0) is 37.8 Å². The summed E-state index contributed by atoms with van der Waals surface area (Å²) < 4.78 is 5.29. The van der Waals surface area contributed by atoms with Gasteiger partial charge in [0.25, 0.3) is 0 Å². The summed E-state index contributed by atoms with van der Waals surface area (Å²) in [7, 11) is 0. The normalized spacial score (nSPS) is 20.8. The Morgan fingerprint density at radius 3 is 2.75 bits per heavy atom. The van der Waals surface area contributed by atoms with Crippen LogP contribution in [0.25, 0.3) is 11.4 Å². The monoisotopic (exact) mass is 383 g/mol. The summed E-state index contributed by atoms with van der Waals surface area (Å²) >= 11 is 0. The van der Waals surface area contributed by atoms with Gasteiger partial charge >= 0.3 is 0 Å². The lowest BCUT2D eigenvalue weighted by molar-refractivity contribution is -0.135. The minimum Gasteiger partial charge on any atom is -0.355 e. The first-order valence-corrected chi connectivity index (χ1v) is 10.6. The van der Waals surface area contributed by atoms with E-state index in [1.807, 2.05) is 19.1 Å². The standard InChI is InChI=1S/C21H29N5O2/c1-2-18-23-19(24-28-18)17-10-7-11-22-20(17)26-14-8-9-16(15-26)21(27)25-12-5-3-4-6-13-25/h7,10-11,16H,2-6,8-9,12-15H2,1H3/t16-/m0/s1. The van der Waals surface area contributed by atoms with E-state index < -0.39 is 0 Å². The van der Waals surface area contributed by atoms with Crippen LogP contribution < -0.4 is 4.90 Å². The van der Waals surface area contributed by atoms with Crippen LogP contribution in [0.2, 0.25) is 0 Å². The molecule has 0 saturated carbocycles. The van der Waals surface area contributed by atoms with Gasteiger partial charge in [0, 0.05) is 38.8 Å². The summed E-state index contributed by atoms with van der Waals surface area (Å²) in [6.45, 7) is 5.41. The fourth-order valence-corrected chi connectivity index (χ4v) is 4.25. The first-order valence-electron chi connectivity index (χ1n) is 10.6. The molecule has 0 spiro atoms. The summed E-state index contributed by atoms with van der Waals surface area (Å²) in [6.07, 6.45) is 9.18. The van der Waals surface area contributed by atoms with Gasteiger partial charge in [-0.1, -0.05) is 24.9 Å². The van der Waals surface area contributed by atoms with E-state index in [0.717, 1.165) is 56.7 Å². The van der Waals surface area contributed by atoms with Crippen molar-refractivity contribution in [3.63, 3.8) is 0 Å². The molecule has 4 rings (SSSR count). The number of carbonyl (C=O) groups is 1. The summed E-state index contributed by atoms with van der Waals surface area (Å²) in [6, 6.07) is 3.87. The Morgan fingerprint density at radius 1 is 1.18 bits per heavy atom. The van der Waals surface area contributed by atoms with Crippen molar-refractivity contribution in [2.24, 2.45) is 5.92 Å². The molecule has 7 nitrogen and oxygen atoms in total. The molecule has 0 aliphatic carbocycles. The van der Waals surface area contributed by atoms with Gasteiger partial charge in [-0.3, -0.25) is 4.79 Å². The predicted octanol–water partition coefficient (Wildman–Crippen LogP) is 3.31. The van der Waals surface area contributed by atoms with Crippen LogP contribution in [0.15, 0.2) is 22.9 Å². The molecule has 0 bridgehead atoms. The van der Waals surface area contributed by atoms with Crippen molar-refractivity contribution in [3.05, 3.63) is 24.2 Å². The molecule has 0 N–H and O–H groups in total. The number of carbonyl (C=O) groups excluding carboxylic acids is 1. The highest BCUT2D eigenvalue weighted by Gasteiger charge is 2.31. The zero-order valence-electron chi connectivity index (χ0n) is 16.6. The highest BCUT2D eigenvalue weighted by molar-refractivity contribution is 5.80. The average Bonchev–Trinajstić information content (AvgIpc) is 3.07. The van der Waals surface area contributed by atoms with Gasteiger partial charge in [0.05, 0.1) is 11.5 Å². The molecule has 0 unspecified atom stereocenters. The average molecular weight is 383 g/mol. The van der Waals surface area contributed by atoms with Crippen LogP contribution in [-0.4, -0.2) is 52.1 Å². The van der Waals surface area contributed by atoms with Crippen molar-refractivity contribution in [2.75, 3.05) is 31.1 Å². The number of anilines is 1. The third-order valence-corrected chi connectivity index (χ3v) is 5.79. The number of pyridine rings is 1. The topological polar surface area (TPSA) is 75.4 Å². The van der Waals surface area contributed by atoms with Crippen molar-refractivity contribution in [1.82, 2.24) is 20.0 Å². The van der Waals surface area contributed by atoms with Crippen LogP contribution in [0.5, 0.6) is 0 Å². The maximum Gasteiger partial charge on any atom is 0.227 e. The van der Waals surface area contributed by atoms with Crippen LogP contribution in [0, 0.1) is 5.92 Å². The minimum atomic E-state index is 0.0400. The Kier molecular flexibility index (Phi) is 5.88. The highest BCUT2D eigenvalue weighted by atomic mass is 16.5. The summed E-state index contributed by atoms with van der Waals surface area (Å²) in [5.41, 5.74) is 0.869. The zero-order valence-corrected chi connectivity index (χ0v) is 16.6. The smallest absolute Gasteiger partial charge is 0.227 e. The van der Waals surface area contributed by atoms with E-state index in [-0.39, 0.29) is 5.92 Å². The second-order valence-electron chi connectivity index (χ2n) is 7.76. The van der Waals surface area contributed by atoms with Gasteiger partial charge in [0.1, 0.15) is 5.82 Å². The molecule has 0 aromatic carbocycles. The molecule has 2 aromatic rings. The molecule has 2 saturated heterocycles. The van der Waals surface area contributed by atoms with Crippen molar-refractivity contribution >= 4 is 11.7 Å². The van der Waals surface area contributed by atoms with Crippen LogP contribution in [-0.2, 0) is 11.2 Å². The van der Waals surface area contributed by atoms with E-state index in [1.54, 1.807) is 6.20 Å². The van der Waals surface area contributed by atoms with Crippen LogP contribution >= 0.6 is 0 Å². The molecule has 4 heterocycles. The molecule has 2 fully saturated rings. The second-order valence-corrected chi connectivity index (χ2v) is 7.76. The molecule has 2 aliphatic heterocycles. The summed E-state index contributed by atoms with van der Waals surface area (Å²) in [5.74, 6) is 2.40. The highest BCUT2D eigenvalue weighted by Crippen LogP contribution is 2.31. The Hall–Kier alpha value is -2.44. The quantitative estimate of drug-likeness (QED) is 0.806. The maximum atomic E-state index is 13.1. The fraction of sp³-hybridized carbons (Fsp3) is 0.619. The molecule has 7 heteroatoms. The van der Waals surface area contributed by atoms with Crippen LogP contribution in [0.3, 0.4) is 0 Å². The Bertz CT molecular complexity index is 798. The molecular weight excluding hydrogens is 354 g/mol. The molecule has 0 radical (unpaired) electrons. The number of likely N-dealkylation sites (tertiary alicyclic amines) is 1. The number of rotatable bonds is 4. The zero-order chi connectivity index (χ0) is 19.3. The fourth-order valence-electron chi connectivity index (χ4n) is 4.25. The van der Waals surface area contributed by atoms with Gasteiger partial charge in [-0.15, -0.1) is 0 Å². The number of aromatic nitrogens is 3. The van der Waals surface area contributed by atoms with Crippen molar-refractivity contribution in [2.45, 2.75) is 51.9 Å². The number of nitrogens with zero attached hydrogens (tertiary/aromatic N) is 5. The Balaban J connectivity index is 1.52.